The van der Waals surface area contributed by atoms with E-state index in [0.29, 0.717) is 16.8 Å². The number of sulfone groups is 1. The molecule has 0 radical (unpaired) electrons. The first-order valence-corrected chi connectivity index (χ1v) is 9.81. The Hall–Kier alpha value is -2.29. The van der Waals surface area contributed by atoms with Crippen molar-refractivity contribution in [2.75, 3.05) is 11.5 Å². The van der Waals surface area contributed by atoms with E-state index in [1.54, 1.807) is 20.8 Å². The van der Waals surface area contributed by atoms with E-state index < -0.39 is 21.2 Å². The summed E-state index contributed by atoms with van der Waals surface area (Å²) >= 11 is 0. The summed E-state index contributed by atoms with van der Waals surface area (Å²) < 4.78 is 27.0. The maximum absolute atomic E-state index is 12.8. The second-order valence-electron chi connectivity index (χ2n) is 6.50. The van der Waals surface area contributed by atoms with Crippen LogP contribution >= 0.6 is 0 Å². The second-order valence-corrected chi connectivity index (χ2v) is 8.80. The van der Waals surface area contributed by atoms with Crippen molar-refractivity contribution < 1.29 is 13.5 Å². The second kappa shape index (κ2) is 5.62. The number of benzene rings is 1. The quantitative estimate of drug-likeness (QED) is 0.774. The number of phenols is 1. The Labute approximate surface area is 144 Å². The van der Waals surface area contributed by atoms with Gasteiger partial charge in [0.1, 0.15) is 5.75 Å². The van der Waals surface area contributed by atoms with Crippen LogP contribution < -0.4 is 11.4 Å². The summed E-state index contributed by atoms with van der Waals surface area (Å²) in [6, 6.07) is 0. The SMILES string of the molecule is Cc1c(C)c(O)c(C)c(-n2c(=O)n3n(c2=O)CCS(=O)(=O)CC3)c1C. The molecule has 1 aromatic carbocycles. The predicted octanol–water partition coefficient (Wildman–Crippen LogP) is 0.168. The molecular weight excluding hydrogens is 346 g/mol. The van der Waals surface area contributed by atoms with Gasteiger partial charge < -0.3 is 5.11 Å². The Morgan fingerprint density at radius 2 is 1.28 bits per heavy atom. The number of fused-ring (bicyclic) bond motifs is 1. The Balaban J connectivity index is 2.34. The number of aromatic nitrogens is 3. The van der Waals surface area contributed by atoms with Gasteiger partial charge in [-0.1, -0.05) is 0 Å². The summed E-state index contributed by atoms with van der Waals surface area (Å²) in [4.78, 5) is 25.7. The Bertz CT molecular complexity index is 1030. The van der Waals surface area contributed by atoms with E-state index >= 15 is 0 Å². The van der Waals surface area contributed by atoms with Crippen LogP contribution in [0, 0.1) is 27.7 Å². The van der Waals surface area contributed by atoms with Gasteiger partial charge in [0.25, 0.3) is 0 Å². The molecule has 1 N–H and O–H groups in total. The molecule has 1 aliphatic heterocycles. The van der Waals surface area contributed by atoms with Gasteiger partial charge in [-0.2, -0.15) is 0 Å². The average Bonchev–Trinajstić information content (AvgIpc) is 2.69. The van der Waals surface area contributed by atoms with E-state index in [2.05, 4.69) is 0 Å². The lowest BCUT2D eigenvalue weighted by Crippen LogP contribution is -2.30. The minimum absolute atomic E-state index is 0.0540. The van der Waals surface area contributed by atoms with E-state index in [1.165, 1.54) is 9.36 Å². The molecule has 0 aliphatic carbocycles. The molecule has 2 aromatic rings. The monoisotopic (exact) mass is 367 g/mol. The molecule has 0 unspecified atom stereocenters. The third-order valence-corrected chi connectivity index (χ3v) is 6.72. The summed E-state index contributed by atoms with van der Waals surface area (Å²) in [7, 11) is -3.27. The van der Waals surface area contributed by atoms with E-state index in [1.807, 2.05) is 6.92 Å². The molecule has 0 amide bonds. The first-order chi connectivity index (χ1) is 11.6. The van der Waals surface area contributed by atoms with Gasteiger partial charge in [-0.05, 0) is 44.4 Å². The van der Waals surface area contributed by atoms with Crippen molar-refractivity contribution in [1.29, 1.82) is 0 Å². The highest BCUT2D eigenvalue weighted by molar-refractivity contribution is 7.91. The van der Waals surface area contributed by atoms with Gasteiger partial charge in [0.05, 0.1) is 30.3 Å². The fourth-order valence-corrected chi connectivity index (χ4v) is 4.45. The molecule has 8 nitrogen and oxygen atoms in total. The minimum atomic E-state index is -3.27. The lowest BCUT2D eigenvalue weighted by molar-refractivity contribution is 0.465. The van der Waals surface area contributed by atoms with Crippen molar-refractivity contribution in [1.82, 2.24) is 13.9 Å². The highest BCUT2D eigenvalue weighted by Gasteiger charge is 2.26. The van der Waals surface area contributed by atoms with Crippen LogP contribution in [-0.2, 0) is 22.9 Å². The van der Waals surface area contributed by atoms with Gasteiger partial charge in [0.15, 0.2) is 9.84 Å². The summed E-state index contributed by atoms with van der Waals surface area (Å²) in [5.41, 5.74) is 1.89. The van der Waals surface area contributed by atoms with E-state index in [0.717, 1.165) is 15.7 Å². The summed E-state index contributed by atoms with van der Waals surface area (Å²) in [5.74, 6) is -0.294. The van der Waals surface area contributed by atoms with Crippen LogP contribution in [-0.4, -0.2) is 39.0 Å². The van der Waals surface area contributed by atoms with Crippen LogP contribution in [0.3, 0.4) is 0 Å². The van der Waals surface area contributed by atoms with Crippen LogP contribution in [0.1, 0.15) is 22.3 Å². The molecule has 0 saturated carbocycles. The summed E-state index contributed by atoms with van der Waals surface area (Å²) in [6.07, 6.45) is 0. The lowest BCUT2D eigenvalue weighted by Gasteiger charge is -2.16. The number of hydrogen-bond acceptors (Lipinski definition) is 5. The summed E-state index contributed by atoms with van der Waals surface area (Å²) in [6.45, 7) is 6.95. The molecule has 3 rings (SSSR count). The maximum Gasteiger partial charge on any atom is 0.351 e. The van der Waals surface area contributed by atoms with Gasteiger partial charge in [0.2, 0.25) is 0 Å². The highest BCUT2D eigenvalue weighted by Crippen LogP contribution is 2.32. The van der Waals surface area contributed by atoms with Crippen LogP contribution in [0.5, 0.6) is 5.75 Å². The van der Waals surface area contributed by atoms with Gasteiger partial charge >= 0.3 is 11.4 Å². The molecule has 0 spiro atoms. The number of nitrogens with zero attached hydrogens (tertiary/aromatic N) is 3. The highest BCUT2D eigenvalue weighted by atomic mass is 32.2. The standard InChI is InChI=1S/C16H21N3O5S/c1-9-10(2)13(12(4)14(20)11(9)3)19-15(21)17-5-7-25(23,24)8-6-18(17)16(19)22/h20H,5-8H2,1-4H3. The zero-order valence-corrected chi connectivity index (χ0v) is 15.5. The molecule has 9 heteroatoms. The van der Waals surface area contributed by atoms with Crippen molar-refractivity contribution >= 4 is 9.84 Å². The van der Waals surface area contributed by atoms with Crippen LogP contribution in [0.15, 0.2) is 9.59 Å². The summed E-state index contributed by atoms with van der Waals surface area (Å²) in [5, 5.41) is 10.3. The molecular formula is C16H21N3O5S. The molecule has 0 saturated heterocycles. The van der Waals surface area contributed by atoms with Crippen molar-refractivity contribution in [3.8, 4) is 11.4 Å². The minimum Gasteiger partial charge on any atom is -0.507 e. The largest absolute Gasteiger partial charge is 0.507 e. The fourth-order valence-electron chi connectivity index (χ4n) is 3.34. The number of rotatable bonds is 1. The van der Waals surface area contributed by atoms with Gasteiger partial charge in [-0.3, -0.25) is 0 Å². The Kier molecular flexibility index (Phi) is 3.94. The predicted molar refractivity (Wildman–Crippen MR) is 93.6 cm³/mol. The number of aromatic hydroxyl groups is 1. The van der Waals surface area contributed by atoms with Crippen LogP contribution in [0.25, 0.3) is 5.69 Å². The Morgan fingerprint density at radius 1 is 0.800 bits per heavy atom. The van der Waals surface area contributed by atoms with Crippen LogP contribution in [0.4, 0.5) is 0 Å². The zero-order chi connectivity index (χ0) is 18.7. The first kappa shape index (κ1) is 17.5. The maximum atomic E-state index is 12.8. The molecule has 0 bridgehead atoms. The van der Waals surface area contributed by atoms with Gasteiger partial charge in [-0.25, -0.2) is 31.9 Å². The third-order valence-electron chi connectivity index (χ3n) is 5.11. The van der Waals surface area contributed by atoms with Crippen molar-refractivity contribution in [3.63, 3.8) is 0 Å². The number of hydrogen-bond donors (Lipinski definition) is 1. The van der Waals surface area contributed by atoms with Crippen molar-refractivity contribution in [3.05, 3.63) is 43.2 Å². The van der Waals surface area contributed by atoms with Gasteiger partial charge in [-0.15, -0.1) is 0 Å². The molecule has 25 heavy (non-hydrogen) atoms. The van der Waals surface area contributed by atoms with E-state index in [-0.39, 0.29) is 30.3 Å². The molecule has 2 heterocycles. The third kappa shape index (κ3) is 2.53. The average molecular weight is 367 g/mol. The molecule has 1 aromatic heterocycles. The molecule has 0 fully saturated rings. The molecule has 1 aliphatic rings. The number of phenolic OH excluding ortho intramolecular Hbond substituents is 1. The molecule has 136 valence electrons. The van der Waals surface area contributed by atoms with E-state index in [4.69, 9.17) is 0 Å². The van der Waals surface area contributed by atoms with Crippen LogP contribution in [0.2, 0.25) is 0 Å². The van der Waals surface area contributed by atoms with Crippen molar-refractivity contribution in [2.24, 2.45) is 0 Å². The smallest absolute Gasteiger partial charge is 0.351 e. The normalized spacial score (nSPS) is 16.5. The Morgan fingerprint density at radius 3 is 1.76 bits per heavy atom. The first-order valence-electron chi connectivity index (χ1n) is 7.99. The topological polar surface area (TPSA) is 103 Å². The van der Waals surface area contributed by atoms with E-state index in [9.17, 15) is 23.1 Å². The van der Waals surface area contributed by atoms with Crippen molar-refractivity contribution in [2.45, 2.75) is 40.8 Å². The van der Waals surface area contributed by atoms with Gasteiger partial charge in [0, 0.05) is 5.56 Å². The lowest BCUT2D eigenvalue weighted by atomic mass is 9.97. The molecule has 0 atom stereocenters. The fraction of sp³-hybridized carbons (Fsp3) is 0.500. The zero-order valence-electron chi connectivity index (χ0n) is 14.7.